The van der Waals surface area contributed by atoms with Crippen LogP contribution in [0.25, 0.3) is 10.6 Å². The van der Waals surface area contributed by atoms with Crippen molar-refractivity contribution >= 4 is 11.3 Å². The molecule has 0 aromatic carbocycles. The summed E-state index contributed by atoms with van der Waals surface area (Å²) in [6.07, 6.45) is 10.2. The van der Waals surface area contributed by atoms with E-state index in [1.807, 2.05) is 24.5 Å². The van der Waals surface area contributed by atoms with Crippen LogP contribution in [0.15, 0.2) is 30.7 Å². The lowest BCUT2D eigenvalue weighted by Crippen LogP contribution is -2.36. The fourth-order valence-corrected chi connectivity index (χ4v) is 3.95. The van der Waals surface area contributed by atoms with E-state index in [9.17, 15) is 0 Å². The quantitative estimate of drug-likeness (QED) is 0.939. The van der Waals surface area contributed by atoms with Crippen molar-refractivity contribution in [2.45, 2.75) is 44.1 Å². The van der Waals surface area contributed by atoms with Gasteiger partial charge < -0.3 is 10.1 Å². The first-order chi connectivity index (χ1) is 9.88. The molecule has 2 aromatic rings. The summed E-state index contributed by atoms with van der Waals surface area (Å²) < 4.78 is 5.86. The lowest BCUT2D eigenvalue weighted by molar-refractivity contribution is 0.0973. The molecule has 0 radical (unpaired) electrons. The van der Waals surface area contributed by atoms with Crippen molar-refractivity contribution in [2.75, 3.05) is 0 Å². The number of thiazole rings is 1. The van der Waals surface area contributed by atoms with Gasteiger partial charge in [0.05, 0.1) is 12.2 Å². The highest BCUT2D eigenvalue weighted by Gasteiger charge is 2.40. The van der Waals surface area contributed by atoms with Crippen LogP contribution in [-0.2, 0) is 11.3 Å². The molecule has 0 saturated carbocycles. The maximum atomic E-state index is 5.86. The molecule has 2 fully saturated rings. The summed E-state index contributed by atoms with van der Waals surface area (Å²) in [6.45, 7) is 0.884. The summed E-state index contributed by atoms with van der Waals surface area (Å²) in [5.74, 6) is 0. The number of nitrogens with zero attached hydrogens (tertiary/aromatic N) is 2. The maximum absolute atomic E-state index is 5.86. The number of hydrogen-bond donors (Lipinski definition) is 1. The number of fused-ring (bicyclic) bond motifs is 2. The number of rotatable bonds is 4. The predicted molar refractivity (Wildman–Crippen MR) is 78.5 cm³/mol. The summed E-state index contributed by atoms with van der Waals surface area (Å²) in [5, 5.41) is 4.66. The van der Waals surface area contributed by atoms with E-state index in [4.69, 9.17) is 4.74 Å². The number of pyridine rings is 1. The second-order valence-corrected chi connectivity index (χ2v) is 6.59. The van der Waals surface area contributed by atoms with Crippen molar-refractivity contribution in [3.63, 3.8) is 0 Å². The van der Waals surface area contributed by atoms with Crippen LogP contribution in [0.4, 0.5) is 0 Å². The normalized spacial score (nSPS) is 28.1. The van der Waals surface area contributed by atoms with Gasteiger partial charge in [0.15, 0.2) is 0 Å². The number of hydrogen-bond acceptors (Lipinski definition) is 5. The summed E-state index contributed by atoms with van der Waals surface area (Å²) in [5.41, 5.74) is 1.09. The van der Waals surface area contributed by atoms with Crippen LogP contribution in [0.3, 0.4) is 0 Å². The molecule has 0 aliphatic carbocycles. The maximum Gasteiger partial charge on any atom is 0.125 e. The lowest BCUT2D eigenvalue weighted by atomic mass is 9.95. The standard InChI is InChI=1S/C15H17N3OS/c1-2-10(7-16-5-1)15-18-9-12(20-15)8-17-13-6-11-3-4-14(13)19-11/h1-2,5,7,9,11,13-14,17H,3-4,6,8H2. The molecular formula is C15H17N3OS. The van der Waals surface area contributed by atoms with E-state index in [1.165, 1.54) is 24.1 Å². The minimum absolute atomic E-state index is 0.436. The van der Waals surface area contributed by atoms with Gasteiger partial charge >= 0.3 is 0 Å². The third-order valence-electron chi connectivity index (χ3n) is 4.11. The molecule has 2 aliphatic heterocycles. The zero-order chi connectivity index (χ0) is 13.4. The first kappa shape index (κ1) is 12.4. The highest BCUT2D eigenvalue weighted by Crippen LogP contribution is 2.34. The second kappa shape index (κ2) is 5.24. The van der Waals surface area contributed by atoms with Gasteiger partial charge in [-0.15, -0.1) is 11.3 Å². The smallest absolute Gasteiger partial charge is 0.125 e. The van der Waals surface area contributed by atoms with E-state index < -0.39 is 0 Å². The number of nitrogens with one attached hydrogen (secondary N) is 1. The minimum atomic E-state index is 0.436. The summed E-state index contributed by atoms with van der Waals surface area (Å²) in [7, 11) is 0. The van der Waals surface area contributed by atoms with Crippen LogP contribution in [-0.4, -0.2) is 28.2 Å². The largest absolute Gasteiger partial charge is 0.373 e. The number of aromatic nitrogens is 2. The number of ether oxygens (including phenoxy) is 1. The van der Waals surface area contributed by atoms with Crippen LogP contribution < -0.4 is 5.32 Å². The summed E-state index contributed by atoms with van der Waals surface area (Å²) in [4.78, 5) is 9.90. The molecule has 2 bridgehead atoms. The molecular weight excluding hydrogens is 270 g/mol. The zero-order valence-corrected chi connectivity index (χ0v) is 12.0. The zero-order valence-electron chi connectivity index (χ0n) is 11.2. The van der Waals surface area contributed by atoms with Crippen LogP contribution in [0.2, 0.25) is 0 Å². The van der Waals surface area contributed by atoms with Gasteiger partial charge in [0.1, 0.15) is 5.01 Å². The Morgan fingerprint density at radius 3 is 3.10 bits per heavy atom. The lowest BCUT2D eigenvalue weighted by Gasteiger charge is -2.19. The highest BCUT2D eigenvalue weighted by molar-refractivity contribution is 7.15. The Morgan fingerprint density at radius 1 is 1.35 bits per heavy atom. The fourth-order valence-electron chi connectivity index (χ4n) is 3.10. The molecule has 4 nitrogen and oxygen atoms in total. The molecule has 3 atom stereocenters. The Kier molecular flexibility index (Phi) is 3.26. The van der Waals surface area contributed by atoms with Gasteiger partial charge in [-0.25, -0.2) is 4.98 Å². The molecule has 1 N–H and O–H groups in total. The average Bonchev–Trinajstić information content (AvgIpc) is 3.22. The van der Waals surface area contributed by atoms with Gasteiger partial charge in [0.25, 0.3) is 0 Å². The molecule has 20 heavy (non-hydrogen) atoms. The minimum Gasteiger partial charge on any atom is -0.373 e. The van der Waals surface area contributed by atoms with Crippen LogP contribution in [0.5, 0.6) is 0 Å². The summed E-state index contributed by atoms with van der Waals surface area (Å²) in [6, 6.07) is 4.52. The molecule has 0 amide bonds. The summed E-state index contributed by atoms with van der Waals surface area (Å²) >= 11 is 1.73. The average molecular weight is 287 g/mol. The Bertz CT molecular complexity index is 586. The van der Waals surface area contributed by atoms with E-state index >= 15 is 0 Å². The molecule has 104 valence electrons. The van der Waals surface area contributed by atoms with E-state index in [0.29, 0.717) is 18.2 Å². The van der Waals surface area contributed by atoms with Crippen molar-refractivity contribution in [3.05, 3.63) is 35.6 Å². The monoisotopic (exact) mass is 287 g/mol. The molecule has 5 heteroatoms. The van der Waals surface area contributed by atoms with Gasteiger partial charge in [0, 0.05) is 41.6 Å². The van der Waals surface area contributed by atoms with E-state index in [1.54, 1.807) is 17.5 Å². The Hall–Kier alpha value is -1.30. The molecule has 0 spiro atoms. The molecule has 2 saturated heterocycles. The van der Waals surface area contributed by atoms with Gasteiger partial charge in [-0.3, -0.25) is 4.98 Å². The van der Waals surface area contributed by atoms with Crippen molar-refractivity contribution in [3.8, 4) is 10.6 Å². The van der Waals surface area contributed by atoms with Crippen molar-refractivity contribution < 1.29 is 4.74 Å². The Labute approximate surface area is 122 Å². The molecule has 3 unspecified atom stereocenters. The SMILES string of the molecule is c1cncc(-c2ncc(CNC3CC4CCC3O4)s2)c1. The third-order valence-corrected chi connectivity index (χ3v) is 5.15. The second-order valence-electron chi connectivity index (χ2n) is 5.47. The molecule has 4 heterocycles. The third kappa shape index (κ3) is 2.37. The van der Waals surface area contributed by atoms with Gasteiger partial charge in [-0.2, -0.15) is 0 Å². The van der Waals surface area contributed by atoms with Crippen LogP contribution in [0, 0.1) is 0 Å². The topological polar surface area (TPSA) is 47.0 Å². The first-order valence-corrected chi connectivity index (χ1v) is 7.94. The van der Waals surface area contributed by atoms with Crippen LogP contribution in [0.1, 0.15) is 24.1 Å². The molecule has 2 aliphatic rings. The Morgan fingerprint density at radius 2 is 2.35 bits per heavy atom. The van der Waals surface area contributed by atoms with Gasteiger partial charge in [0.2, 0.25) is 0 Å². The molecule has 4 rings (SSSR count). The van der Waals surface area contributed by atoms with E-state index in [-0.39, 0.29) is 0 Å². The van der Waals surface area contributed by atoms with Gasteiger partial charge in [-0.1, -0.05) is 0 Å². The van der Waals surface area contributed by atoms with Crippen molar-refractivity contribution in [1.82, 2.24) is 15.3 Å². The highest BCUT2D eigenvalue weighted by atomic mass is 32.1. The Balaban J connectivity index is 1.39. The fraction of sp³-hybridized carbons (Fsp3) is 0.467. The van der Waals surface area contributed by atoms with Gasteiger partial charge in [-0.05, 0) is 31.4 Å². The first-order valence-electron chi connectivity index (χ1n) is 7.12. The van der Waals surface area contributed by atoms with Crippen molar-refractivity contribution in [1.29, 1.82) is 0 Å². The predicted octanol–water partition coefficient (Wildman–Crippen LogP) is 2.61. The van der Waals surface area contributed by atoms with Crippen LogP contribution >= 0.6 is 11.3 Å². The molecule has 2 aromatic heterocycles. The van der Waals surface area contributed by atoms with E-state index in [2.05, 4.69) is 15.3 Å². The van der Waals surface area contributed by atoms with E-state index in [0.717, 1.165) is 17.1 Å². The van der Waals surface area contributed by atoms with Crippen molar-refractivity contribution in [2.24, 2.45) is 0 Å².